The third-order valence-electron chi connectivity index (χ3n) is 5.14. The predicted octanol–water partition coefficient (Wildman–Crippen LogP) is 1.26. The lowest BCUT2D eigenvalue weighted by Crippen LogP contribution is -2.45. The quantitative estimate of drug-likeness (QED) is 0.910. The fraction of sp³-hybridized carbons (Fsp3) is 0.733. The van der Waals surface area contributed by atoms with E-state index in [-0.39, 0.29) is 17.9 Å². The van der Waals surface area contributed by atoms with Gasteiger partial charge in [0.15, 0.2) is 0 Å². The molecule has 3 heterocycles. The summed E-state index contributed by atoms with van der Waals surface area (Å²) < 4.78 is 5.66. The molecule has 2 saturated heterocycles. The Hall–Kier alpha value is -0.980. The van der Waals surface area contributed by atoms with Crippen LogP contribution in [0.1, 0.15) is 24.3 Å². The molecule has 6 heteroatoms. The summed E-state index contributed by atoms with van der Waals surface area (Å²) in [7, 11) is 0. The fourth-order valence-electron chi connectivity index (χ4n) is 3.65. The van der Waals surface area contributed by atoms with Crippen molar-refractivity contribution in [3.05, 3.63) is 16.6 Å². The van der Waals surface area contributed by atoms with Crippen molar-refractivity contribution in [2.24, 2.45) is 11.8 Å². The predicted molar refractivity (Wildman–Crippen MR) is 79.9 cm³/mol. The first-order valence-electron chi connectivity index (χ1n) is 7.82. The second-order valence-corrected chi connectivity index (χ2v) is 7.35. The van der Waals surface area contributed by atoms with E-state index in [0.29, 0.717) is 12.0 Å². The van der Waals surface area contributed by atoms with E-state index in [9.17, 15) is 4.79 Å². The van der Waals surface area contributed by atoms with Gasteiger partial charge in [0.25, 0.3) is 0 Å². The summed E-state index contributed by atoms with van der Waals surface area (Å²) in [5.74, 6) is 0.959. The normalized spacial score (nSPS) is 32.9. The van der Waals surface area contributed by atoms with Crippen LogP contribution < -0.4 is 5.32 Å². The standard InChI is InChI=1S/C15H21N3O2S/c19-15(10-2-1-3-10)17-12-6-18(7-14-16-4-5-21-14)13-9-20-8-11(12)13/h4-5,10-13H,1-3,6-9H2,(H,17,19)/t11-,12-,13-/m1/s1. The van der Waals surface area contributed by atoms with Gasteiger partial charge in [-0.15, -0.1) is 11.3 Å². The molecule has 2 aliphatic heterocycles. The highest BCUT2D eigenvalue weighted by molar-refractivity contribution is 7.09. The number of nitrogens with one attached hydrogen (secondary N) is 1. The van der Waals surface area contributed by atoms with Gasteiger partial charge in [0.05, 0.1) is 19.8 Å². The first-order chi connectivity index (χ1) is 10.3. The number of aromatic nitrogens is 1. The molecule has 1 N–H and O–H groups in total. The van der Waals surface area contributed by atoms with Crippen molar-refractivity contribution in [2.45, 2.75) is 37.9 Å². The minimum atomic E-state index is 0.241. The molecule has 1 aromatic heterocycles. The van der Waals surface area contributed by atoms with Crippen LogP contribution in [0.3, 0.4) is 0 Å². The van der Waals surface area contributed by atoms with E-state index >= 15 is 0 Å². The van der Waals surface area contributed by atoms with Gasteiger partial charge in [-0.2, -0.15) is 0 Å². The van der Waals surface area contributed by atoms with Crippen molar-refractivity contribution in [1.29, 1.82) is 0 Å². The summed E-state index contributed by atoms with van der Waals surface area (Å²) in [6, 6.07) is 0.672. The highest BCUT2D eigenvalue weighted by Gasteiger charge is 2.46. The number of fused-ring (bicyclic) bond motifs is 1. The average molecular weight is 307 g/mol. The second kappa shape index (κ2) is 5.66. The Labute approximate surface area is 128 Å². The maximum Gasteiger partial charge on any atom is 0.223 e. The maximum absolute atomic E-state index is 12.2. The summed E-state index contributed by atoms with van der Waals surface area (Å²) >= 11 is 1.70. The Bertz CT molecular complexity index is 503. The first-order valence-corrected chi connectivity index (χ1v) is 8.70. The average Bonchev–Trinajstić information content (AvgIpc) is 3.09. The van der Waals surface area contributed by atoms with Crippen LogP contribution in [0.5, 0.6) is 0 Å². The number of hydrogen-bond donors (Lipinski definition) is 1. The number of amides is 1. The number of hydrogen-bond acceptors (Lipinski definition) is 5. The molecule has 3 atom stereocenters. The number of rotatable bonds is 4. The number of ether oxygens (including phenoxy) is 1. The smallest absolute Gasteiger partial charge is 0.223 e. The van der Waals surface area contributed by atoms with E-state index in [1.165, 1.54) is 6.42 Å². The van der Waals surface area contributed by atoms with Crippen LogP contribution in [-0.4, -0.2) is 47.6 Å². The zero-order valence-corrected chi connectivity index (χ0v) is 12.8. The minimum Gasteiger partial charge on any atom is -0.379 e. The Morgan fingerprint density at radius 2 is 2.38 bits per heavy atom. The molecule has 3 aliphatic rings. The lowest BCUT2D eigenvalue weighted by molar-refractivity contribution is -0.128. The summed E-state index contributed by atoms with van der Waals surface area (Å²) in [5, 5.41) is 6.45. The molecular weight excluding hydrogens is 286 g/mol. The molecule has 1 aliphatic carbocycles. The van der Waals surface area contributed by atoms with Crippen molar-refractivity contribution >= 4 is 17.2 Å². The molecule has 0 unspecified atom stereocenters. The van der Waals surface area contributed by atoms with Gasteiger partial charge in [-0.25, -0.2) is 4.98 Å². The van der Waals surface area contributed by atoms with Gasteiger partial charge < -0.3 is 10.1 Å². The highest BCUT2D eigenvalue weighted by Crippen LogP contribution is 2.33. The number of likely N-dealkylation sites (tertiary alicyclic amines) is 1. The Kier molecular flexibility index (Phi) is 3.69. The van der Waals surface area contributed by atoms with Gasteiger partial charge in [0.2, 0.25) is 5.91 Å². The van der Waals surface area contributed by atoms with Crippen molar-refractivity contribution in [1.82, 2.24) is 15.2 Å². The molecule has 1 saturated carbocycles. The van der Waals surface area contributed by atoms with Crippen LogP contribution in [0.2, 0.25) is 0 Å². The highest BCUT2D eigenvalue weighted by atomic mass is 32.1. The molecule has 5 nitrogen and oxygen atoms in total. The third-order valence-corrected chi connectivity index (χ3v) is 5.90. The summed E-state index contributed by atoms with van der Waals surface area (Å²) in [5.41, 5.74) is 0. The molecule has 0 aromatic carbocycles. The van der Waals surface area contributed by atoms with Crippen LogP contribution in [0, 0.1) is 11.8 Å². The first kappa shape index (κ1) is 13.7. The van der Waals surface area contributed by atoms with Crippen LogP contribution in [0.4, 0.5) is 0 Å². The summed E-state index contributed by atoms with van der Waals surface area (Å²) in [6.45, 7) is 3.36. The van der Waals surface area contributed by atoms with E-state index in [4.69, 9.17) is 4.74 Å². The van der Waals surface area contributed by atoms with Crippen molar-refractivity contribution in [3.8, 4) is 0 Å². The van der Waals surface area contributed by atoms with E-state index < -0.39 is 0 Å². The fourth-order valence-corrected chi connectivity index (χ4v) is 4.29. The maximum atomic E-state index is 12.2. The van der Waals surface area contributed by atoms with Gasteiger partial charge in [-0.05, 0) is 12.8 Å². The topological polar surface area (TPSA) is 54.5 Å². The number of carbonyl (C=O) groups is 1. The molecule has 114 valence electrons. The van der Waals surface area contributed by atoms with Gasteiger partial charge in [-0.1, -0.05) is 6.42 Å². The Morgan fingerprint density at radius 3 is 3.10 bits per heavy atom. The number of carbonyl (C=O) groups excluding carboxylic acids is 1. The summed E-state index contributed by atoms with van der Waals surface area (Å²) in [4.78, 5) is 19.0. The zero-order chi connectivity index (χ0) is 14.2. The summed E-state index contributed by atoms with van der Waals surface area (Å²) in [6.07, 6.45) is 5.18. The van der Waals surface area contributed by atoms with Crippen molar-refractivity contribution in [3.63, 3.8) is 0 Å². The molecular formula is C15H21N3O2S. The van der Waals surface area contributed by atoms with E-state index in [2.05, 4.69) is 15.2 Å². The van der Waals surface area contributed by atoms with Crippen LogP contribution in [-0.2, 0) is 16.1 Å². The van der Waals surface area contributed by atoms with Crippen LogP contribution in [0.25, 0.3) is 0 Å². The van der Waals surface area contributed by atoms with Gasteiger partial charge in [0.1, 0.15) is 5.01 Å². The van der Waals surface area contributed by atoms with Crippen molar-refractivity contribution in [2.75, 3.05) is 19.8 Å². The molecule has 1 aromatic rings. The minimum absolute atomic E-state index is 0.241. The van der Waals surface area contributed by atoms with Crippen LogP contribution >= 0.6 is 11.3 Å². The SMILES string of the molecule is O=C(N[C@@H]1CN(Cc2nccs2)[C@@H]2COC[C@@H]21)C1CCC1. The zero-order valence-electron chi connectivity index (χ0n) is 12.0. The van der Waals surface area contributed by atoms with Gasteiger partial charge in [0, 0.05) is 42.0 Å². The van der Waals surface area contributed by atoms with E-state index in [1.807, 2.05) is 11.6 Å². The van der Waals surface area contributed by atoms with Gasteiger partial charge >= 0.3 is 0 Å². The van der Waals surface area contributed by atoms with E-state index in [0.717, 1.165) is 44.2 Å². The molecule has 4 rings (SSSR count). The van der Waals surface area contributed by atoms with Crippen LogP contribution in [0.15, 0.2) is 11.6 Å². The number of thiazole rings is 1. The molecule has 3 fully saturated rings. The lowest BCUT2D eigenvalue weighted by atomic mass is 9.84. The van der Waals surface area contributed by atoms with E-state index in [1.54, 1.807) is 11.3 Å². The largest absolute Gasteiger partial charge is 0.379 e. The monoisotopic (exact) mass is 307 g/mol. The third kappa shape index (κ3) is 2.60. The molecule has 0 bridgehead atoms. The molecule has 1 amide bonds. The molecule has 0 spiro atoms. The van der Waals surface area contributed by atoms with Crippen molar-refractivity contribution < 1.29 is 9.53 Å². The Balaban J connectivity index is 1.42. The second-order valence-electron chi connectivity index (χ2n) is 6.37. The lowest BCUT2D eigenvalue weighted by Gasteiger charge is -2.27. The molecule has 21 heavy (non-hydrogen) atoms. The number of nitrogens with zero attached hydrogens (tertiary/aromatic N) is 2. The Morgan fingerprint density at radius 1 is 1.48 bits per heavy atom. The van der Waals surface area contributed by atoms with Gasteiger partial charge in [-0.3, -0.25) is 9.69 Å². The molecule has 0 radical (unpaired) electrons.